The molecule has 2 rings (SSSR count). The van der Waals surface area contributed by atoms with E-state index in [1.165, 1.54) is 13.8 Å². The average Bonchev–Trinajstić information content (AvgIpc) is 2.27. The van der Waals surface area contributed by atoms with E-state index in [0.29, 0.717) is 19.6 Å². The van der Waals surface area contributed by atoms with Gasteiger partial charge < -0.3 is 4.74 Å². The van der Waals surface area contributed by atoms with Crippen molar-refractivity contribution in [1.29, 1.82) is 0 Å². The monoisotopic (exact) mass is 254 g/mol. The van der Waals surface area contributed by atoms with Crippen LogP contribution in [0.2, 0.25) is 0 Å². The van der Waals surface area contributed by atoms with Crippen molar-refractivity contribution in [1.82, 2.24) is 10.2 Å². The van der Waals surface area contributed by atoms with Crippen molar-refractivity contribution in [3.8, 4) is 0 Å². The molecule has 0 saturated carbocycles. The van der Waals surface area contributed by atoms with Gasteiger partial charge in [0.05, 0.1) is 12.1 Å². The van der Waals surface area contributed by atoms with E-state index < -0.39 is 28.8 Å². The quantitative estimate of drug-likeness (QED) is 0.697. The molecule has 1 N–H and O–H groups in total. The molecule has 2 heterocycles. The van der Waals surface area contributed by atoms with Gasteiger partial charge in [-0.2, -0.15) is 0 Å². The van der Waals surface area contributed by atoms with E-state index in [9.17, 15) is 14.4 Å². The highest BCUT2D eigenvalue weighted by Gasteiger charge is 2.53. The van der Waals surface area contributed by atoms with Gasteiger partial charge in [0.15, 0.2) is 0 Å². The lowest BCUT2D eigenvalue weighted by atomic mass is 9.84. The molecule has 2 aliphatic heterocycles. The van der Waals surface area contributed by atoms with Crippen molar-refractivity contribution in [2.45, 2.75) is 39.2 Å². The molecule has 1 unspecified atom stereocenters. The van der Waals surface area contributed by atoms with Crippen molar-refractivity contribution < 1.29 is 19.1 Å². The van der Waals surface area contributed by atoms with Crippen molar-refractivity contribution >= 4 is 17.8 Å². The van der Waals surface area contributed by atoms with E-state index in [4.69, 9.17) is 4.74 Å². The standard InChI is InChI=1S/C12H18N2O4/c1-11(2)8(15)13-10(17)14(9(11)16)12(3)5-4-6-18-7-12/h4-7H2,1-3H3,(H,13,15,17). The first-order valence-corrected chi connectivity index (χ1v) is 6.07. The van der Waals surface area contributed by atoms with Gasteiger partial charge in [-0.3, -0.25) is 19.8 Å². The second-order valence-electron chi connectivity index (χ2n) is 5.68. The second kappa shape index (κ2) is 4.05. The number of carbonyl (C=O) groups excluding carboxylic acids is 3. The third kappa shape index (κ3) is 1.80. The Morgan fingerprint density at radius 3 is 2.44 bits per heavy atom. The van der Waals surface area contributed by atoms with Crippen LogP contribution in [0.5, 0.6) is 0 Å². The number of nitrogens with zero attached hydrogens (tertiary/aromatic N) is 1. The van der Waals surface area contributed by atoms with Crippen molar-refractivity contribution in [2.24, 2.45) is 5.41 Å². The summed E-state index contributed by atoms with van der Waals surface area (Å²) in [6.07, 6.45) is 1.48. The van der Waals surface area contributed by atoms with Gasteiger partial charge in [0.2, 0.25) is 11.8 Å². The van der Waals surface area contributed by atoms with Gasteiger partial charge >= 0.3 is 6.03 Å². The van der Waals surface area contributed by atoms with Gasteiger partial charge in [0.25, 0.3) is 0 Å². The van der Waals surface area contributed by atoms with Crippen LogP contribution in [-0.2, 0) is 14.3 Å². The summed E-state index contributed by atoms with van der Waals surface area (Å²) in [5, 5.41) is 2.24. The van der Waals surface area contributed by atoms with Crippen LogP contribution in [0.4, 0.5) is 4.79 Å². The zero-order chi connectivity index (χ0) is 13.6. The Morgan fingerprint density at radius 1 is 1.22 bits per heavy atom. The largest absolute Gasteiger partial charge is 0.379 e. The number of amides is 4. The summed E-state index contributed by atoms with van der Waals surface area (Å²) < 4.78 is 5.37. The maximum atomic E-state index is 12.4. The van der Waals surface area contributed by atoms with Gasteiger partial charge in [-0.1, -0.05) is 0 Å². The Labute approximate surface area is 106 Å². The van der Waals surface area contributed by atoms with Crippen molar-refractivity contribution in [3.05, 3.63) is 0 Å². The fourth-order valence-corrected chi connectivity index (χ4v) is 2.36. The summed E-state index contributed by atoms with van der Waals surface area (Å²) in [7, 11) is 0. The summed E-state index contributed by atoms with van der Waals surface area (Å²) >= 11 is 0. The van der Waals surface area contributed by atoms with Crippen LogP contribution >= 0.6 is 0 Å². The highest BCUT2D eigenvalue weighted by Crippen LogP contribution is 2.33. The van der Waals surface area contributed by atoms with Crippen molar-refractivity contribution in [3.63, 3.8) is 0 Å². The maximum Gasteiger partial charge on any atom is 0.331 e. The van der Waals surface area contributed by atoms with Crippen LogP contribution in [0.1, 0.15) is 33.6 Å². The topological polar surface area (TPSA) is 75.7 Å². The zero-order valence-corrected chi connectivity index (χ0v) is 10.9. The van der Waals surface area contributed by atoms with Crippen LogP contribution in [0.25, 0.3) is 0 Å². The molecule has 2 fully saturated rings. The molecule has 0 aromatic rings. The van der Waals surface area contributed by atoms with Gasteiger partial charge in [0, 0.05) is 6.61 Å². The number of ether oxygens (including phenoxy) is 1. The van der Waals surface area contributed by atoms with Crippen LogP contribution in [-0.4, -0.2) is 41.5 Å². The molecule has 0 radical (unpaired) electrons. The molecule has 6 heteroatoms. The Hall–Kier alpha value is -1.43. The van der Waals surface area contributed by atoms with E-state index in [1.807, 2.05) is 6.92 Å². The normalized spacial score (nSPS) is 32.4. The molecule has 4 amide bonds. The molecule has 0 bridgehead atoms. The van der Waals surface area contributed by atoms with E-state index >= 15 is 0 Å². The number of nitrogens with one attached hydrogen (secondary N) is 1. The van der Waals surface area contributed by atoms with Crippen molar-refractivity contribution in [2.75, 3.05) is 13.2 Å². The summed E-state index contributed by atoms with van der Waals surface area (Å²) in [6.45, 7) is 5.82. The Balaban J connectivity index is 2.34. The first-order chi connectivity index (χ1) is 8.29. The van der Waals surface area contributed by atoms with E-state index in [2.05, 4.69) is 5.32 Å². The Morgan fingerprint density at radius 2 is 1.89 bits per heavy atom. The Bertz CT molecular complexity index is 410. The third-order valence-electron chi connectivity index (χ3n) is 3.69. The Kier molecular flexibility index (Phi) is 2.93. The van der Waals surface area contributed by atoms with Gasteiger partial charge in [-0.15, -0.1) is 0 Å². The highest BCUT2D eigenvalue weighted by molar-refractivity contribution is 6.19. The fraction of sp³-hybridized carbons (Fsp3) is 0.750. The number of barbiturate groups is 1. The van der Waals surface area contributed by atoms with E-state index in [-0.39, 0.29) is 0 Å². The van der Waals surface area contributed by atoms with E-state index in [1.54, 1.807) is 0 Å². The average molecular weight is 254 g/mol. The minimum absolute atomic E-state index is 0.316. The predicted molar refractivity (Wildman–Crippen MR) is 62.6 cm³/mol. The number of imide groups is 2. The van der Waals surface area contributed by atoms with Crippen LogP contribution in [0.15, 0.2) is 0 Å². The second-order valence-corrected chi connectivity index (χ2v) is 5.68. The summed E-state index contributed by atoms with van der Waals surface area (Å²) in [5.74, 6) is -1.00. The third-order valence-corrected chi connectivity index (χ3v) is 3.69. The number of hydrogen-bond acceptors (Lipinski definition) is 4. The summed E-state index contributed by atoms with van der Waals surface area (Å²) in [6, 6.07) is -0.641. The molecule has 0 spiro atoms. The lowest BCUT2D eigenvalue weighted by Gasteiger charge is -2.46. The van der Waals surface area contributed by atoms with Crippen LogP contribution < -0.4 is 5.32 Å². The van der Waals surface area contributed by atoms with Gasteiger partial charge in [-0.25, -0.2) is 4.79 Å². The SMILES string of the molecule is CC1(C)C(=O)NC(=O)N(C2(C)CCCOC2)C1=O. The molecule has 18 heavy (non-hydrogen) atoms. The fourth-order valence-electron chi connectivity index (χ4n) is 2.36. The van der Waals surface area contributed by atoms with Crippen LogP contribution in [0, 0.1) is 5.41 Å². The predicted octanol–water partition coefficient (Wildman–Crippen LogP) is 0.660. The smallest absolute Gasteiger partial charge is 0.331 e. The molecule has 6 nitrogen and oxygen atoms in total. The lowest BCUT2D eigenvalue weighted by molar-refractivity contribution is -0.156. The number of rotatable bonds is 1. The highest BCUT2D eigenvalue weighted by atomic mass is 16.5. The number of hydrogen-bond donors (Lipinski definition) is 1. The number of carbonyl (C=O) groups is 3. The molecular formula is C12H18N2O4. The minimum atomic E-state index is -1.21. The lowest BCUT2D eigenvalue weighted by Crippen LogP contribution is -2.69. The molecule has 0 aromatic heterocycles. The molecule has 2 aliphatic rings. The zero-order valence-electron chi connectivity index (χ0n) is 10.9. The van der Waals surface area contributed by atoms with Gasteiger partial charge in [0.1, 0.15) is 5.41 Å². The summed E-state index contributed by atoms with van der Waals surface area (Å²) in [4.78, 5) is 37.1. The summed E-state index contributed by atoms with van der Waals surface area (Å²) in [5.41, 5.74) is -1.88. The van der Waals surface area contributed by atoms with E-state index in [0.717, 1.165) is 11.3 Å². The molecule has 2 saturated heterocycles. The maximum absolute atomic E-state index is 12.4. The molecule has 0 aromatic carbocycles. The molecule has 0 aliphatic carbocycles. The minimum Gasteiger partial charge on any atom is -0.379 e. The molecular weight excluding hydrogens is 236 g/mol. The number of urea groups is 1. The first-order valence-electron chi connectivity index (χ1n) is 6.07. The molecule has 1 atom stereocenters. The van der Waals surface area contributed by atoms with Crippen LogP contribution in [0.3, 0.4) is 0 Å². The molecule has 100 valence electrons. The van der Waals surface area contributed by atoms with Gasteiger partial charge in [-0.05, 0) is 33.6 Å². The first kappa shape index (κ1) is 13.0.